The van der Waals surface area contributed by atoms with E-state index in [1.807, 2.05) is 0 Å². The summed E-state index contributed by atoms with van der Waals surface area (Å²) in [6, 6.07) is 0. The van der Waals surface area contributed by atoms with Gasteiger partial charge in [0.2, 0.25) is 0 Å². The van der Waals surface area contributed by atoms with E-state index < -0.39 is 0 Å². The number of aromatic amines is 1. The summed E-state index contributed by atoms with van der Waals surface area (Å²) >= 11 is 11.9. The predicted molar refractivity (Wildman–Crippen MR) is 67.0 cm³/mol. The average molecular weight is 278 g/mol. The van der Waals surface area contributed by atoms with E-state index >= 15 is 0 Å². The molecule has 0 atom stereocenters. The third-order valence-corrected chi connectivity index (χ3v) is 3.75. The molecular weight excluding hydrogens is 265 g/mol. The molecule has 94 valence electrons. The first kappa shape index (κ1) is 12.7. The monoisotopic (exact) mass is 277 g/mol. The summed E-state index contributed by atoms with van der Waals surface area (Å²) in [5.41, 5.74) is -0.662. The molecule has 17 heavy (non-hydrogen) atoms. The van der Waals surface area contributed by atoms with Gasteiger partial charge >= 0.3 is 0 Å². The van der Waals surface area contributed by atoms with Gasteiger partial charge in [-0.05, 0) is 12.8 Å². The molecule has 1 aromatic heterocycles. The normalized spacial score (nSPS) is 18.9. The van der Waals surface area contributed by atoms with E-state index in [1.165, 1.54) is 6.33 Å². The number of hydrogen-bond acceptors (Lipinski definition) is 4. The van der Waals surface area contributed by atoms with Crippen LogP contribution in [0.2, 0.25) is 5.02 Å². The number of nitrogens with one attached hydrogen (secondary N) is 2. The number of alkyl halides is 1. The van der Waals surface area contributed by atoms with E-state index in [2.05, 4.69) is 15.3 Å². The number of nitrogens with zero attached hydrogens (tertiary/aromatic N) is 1. The van der Waals surface area contributed by atoms with Crippen molar-refractivity contribution < 1.29 is 4.74 Å². The number of ether oxygens (including phenoxy) is 1. The van der Waals surface area contributed by atoms with Crippen molar-refractivity contribution in [1.82, 2.24) is 9.97 Å². The Hall–Kier alpha value is -0.780. The number of halogens is 2. The van der Waals surface area contributed by atoms with E-state index in [4.69, 9.17) is 27.9 Å². The number of hydrogen-bond donors (Lipinski definition) is 2. The van der Waals surface area contributed by atoms with Crippen LogP contribution in [0.5, 0.6) is 0 Å². The van der Waals surface area contributed by atoms with Gasteiger partial charge < -0.3 is 15.0 Å². The van der Waals surface area contributed by atoms with Crippen molar-refractivity contribution in [2.45, 2.75) is 18.4 Å². The first-order valence-electron chi connectivity index (χ1n) is 5.32. The van der Waals surface area contributed by atoms with Gasteiger partial charge in [0.05, 0.1) is 11.9 Å². The lowest BCUT2D eigenvalue weighted by molar-refractivity contribution is 0.0666. The minimum atomic E-state index is -0.360. The van der Waals surface area contributed by atoms with Gasteiger partial charge in [-0.2, -0.15) is 0 Å². The first-order chi connectivity index (χ1) is 8.17. The molecule has 1 aliphatic heterocycles. The Bertz CT molecular complexity index is 443. The largest absolute Gasteiger partial charge is 0.381 e. The average Bonchev–Trinajstić information content (AvgIpc) is 2.36. The molecule has 0 aromatic carbocycles. The number of anilines is 1. The zero-order valence-corrected chi connectivity index (χ0v) is 10.6. The Labute approximate surface area is 108 Å². The minimum Gasteiger partial charge on any atom is -0.381 e. The molecule has 0 radical (unpaired) electrons. The van der Waals surface area contributed by atoms with Gasteiger partial charge in [-0.15, -0.1) is 11.6 Å². The van der Waals surface area contributed by atoms with E-state index in [0.717, 1.165) is 12.8 Å². The molecule has 2 N–H and O–H groups in total. The molecule has 0 unspecified atom stereocenters. The van der Waals surface area contributed by atoms with Gasteiger partial charge in [0.25, 0.3) is 5.56 Å². The minimum absolute atomic E-state index is 0.0588. The smallest absolute Gasteiger partial charge is 0.271 e. The summed E-state index contributed by atoms with van der Waals surface area (Å²) in [6.45, 7) is 1.28. The molecule has 1 aliphatic rings. The van der Waals surface area contributed by atoms with Gasteiger partial charge in [0.15, 0.2) is 5.82 Å². The van der Waals surface area contributed by atoms with Gasteiger partial charge in [-0.25, -0.2) is 4.98 Å². The molecule has 0 spiro atoms. The fourth-order valence-electron chi connectivity index (χ4n) is 1.78. The van der Waals surface area contributed by atoms with Crippen LogP contribution in [0.3, 0.4) is 0 Å². The SMILES string of the molecule is O=c1[nH]cnc(NC2(CCl)CCOCC2)c1Cl. The van der Waals surface area contributed by atoms with Crippen LogP contribution in [0.4, 0.5) is 5.82 Å². The first-order valence-corrected chi connectivity index (χ1v) is 6.23. The highest BCUT2D eigenvalue weighted by Crippen LogP contribution is 2.28. The van der Waals surface area contributed by atoms with Crippen LogP contribution in [0.15, 0.2) is 11.1 Å². The van der Waals surface area contributed by atoms with E-state index in [0.29, 0.717) is 24.9 Å². The summed E-state index contributed by atoms with van der Waals surface area (Å²) in [7, 11) is 0. The molecule has 0 amide bonds. The summed E-state index contributed by atoms with van der Waals surface area (Å²) in [5, 5.41) is 3.24. The highest BCUT2D eigenvalue weighted by molar-refractivity contribution is 6.32. The second-order valence-electron chi connectivity index (χ2n) is 4.05. The fraction of sp³-hybridized carbons (Fsp3) is 0.600. The van der Waals surface area contributed by atoms with Crippen LogP contribution in [0.1, 0.15) is 12.8 Å². The van der Waals surface area contributed by atoms with Gasteiger partial charge in [0.1, 0.15) is 5.02 Å². The Balaban J connectivity index is 2.23. The lowest BCUT2D eigenvalue weighted by Gasteiger charge is -2.36. The van der Waals surface area contributed by atoms with Gasteiger partial charge in [-0.1, -0.05) is 11.6 Å². The van der Waals surface area contributed by atoms with Crippen molar-refractivity contribution in [1.29, 1.82) is 0 Å². The molecule has 1 aromatic rings. The predicted octanol–water partition coefficient (Wildman–Crippen LogP) is 1.62. The van der Waals surface area contributed by atoms with Crippen LogP contribution in [-0.4, -0.2) is 34.6 Å². The summed E-state index contributed by atoms with van der Waals surface area (Å²) in [5.74, 6) is 0.791. The van der Waals surface area contributed by atoms with Crippen LogP contribution in [-0.2, 0) is 4.74 Å². The van der Waals surface area contributed by atoms with Crippen LogP contribution in [0.25, 0.3) is 0 Å². The van der Waals surface area contributed by atoms with E-state index in [9.17, 15) is 4.79 Å². The highest BCUT2D eigenvalue weighted by Gasteiger charge is 2.32. The zero-order chi connectivity index (χ0) is 12.3. The quantitative estimate of drug-likeness (QED) is 0.824. The summed E-state index contributed by atoms with van der Waals surface area (Å²) in [4.78, 5) is 17.8. The van der Waals surface area contributed by atoms with Crippen LogP contribution >= 0.6 is 23.2 Å². The van der Waals surface area contributed by atoms with Crippen LogP contribution in [0, 0.1) is 0 Å². The van der Waals surface area contributed by atoms with Crippen molar-refractivity contribution >= 4 is 29.0 Å². The molecular formula is C10H13Cl2N3O2. The van der Waals surface area contributed by atoms with Crippen molar-refractivity contribution in [3.05, 3.63) is 21.7 Å². The third-order valence-electron chi connectivity index (χ3n) is 2.89. The van der Waals surface area contributed by atoms with Crippen molar-refractivity contribution in [2.24, 2.45) is 0 Å². The third kappa shape index (κ3) is 2.73. The number of H-pyrrole nitrogens is 1. The second kappa shape index (κ2) is 5.25. The molecule has 0 bridgehead atoms. The van der Waals surface area contributed by atoms with Gasteiger partial charge in [0, 0.05) is 19.1 Å². The maximum Gasteiger partial charge on any atom is 0.271 e. The number of rotatable bonds is 3. The summed E-state index contributed by atoms with van der Waals surface area (Å²) in [6.07, 6.45) is 2.85. The number of aromatic nitrogens is 2. The van der Waals surface area contributed by atoms with Crippen molar-refractivity contribution in [3.63, 3.8) is 0 Å². The van der Waals surface area contributed by atoms with Gasteiger partial charge in [-0.3, -0.25) is 4.79 Å². The molecule has 7 heteroatoms. The Morgan fingerprint density at radius 2 is 2.24 bits per heavy atom. The lowest BCUT2D eigenvalue weighted by Crippen LogP contribution is -2.46. The maximum atomic E-state index is 11.3. The second-order valence-corrected chi connectivity index (χ2v) is 4.69. The molecule has 0 saturated carbocycles. The Morgan fingerprint density at radius 3 is 2.88 bits per heavy atom. The Morgan fingerprint density at radius 1 is 1.53 bits per heavy atom. The molecule has 0 aliphatic carbocycles. The molecule has 5 nitrogen and oxygen atoms in total. The Kier molecular flexibility index (Phi) is 3.91. The molecule has 1 saturated heterocycles. The standard InChI is InChI=1S/C10H13Cl2N3O2/c11-5-10(1-3-17-4-2-10)15-8-7(12)9(16)14-6-13-8/h6H,1-5H2,(H2,13,14,15,16). The molecule has 2 heterocycles. The van der Waals surface area contributed by atoms with E-state index in [-0.39, 0.29) is 16.1 Å². The topological polar surface area (TPSA) is 67.0 Å². The fourth-order valence-corrected chi connectivity index (χ4v) is 2.26. The van der Waals surface area contributed by atoms with Crippen LogP contribution < -0.4 is 10.9 Å². The zero-order valence-electron chi connectivity index (χ0n) is 9.13. The van der Waals surface area contributed by atoms with Crippen molar-refractivity contribution in [2.75, 3.05) is 24.4 Å². The highest BCUT2D eigenvalue weighted by atomic mass is 35.5. The lowest BCUT2D eigenvalue weighted by atomic mass is 9.92. The van der Waals surface area contributed by atoms with Crippen molar-refractivity contribution in [3.8, 4) is 0 Å². The molecule has 1 fully saturated rings. The maximum absolute atomic E-state index is 11.3. The summed E-state index contributed by atoms with van der Waals surface area (Å²) < 4.78 is 5.30. The molecule has 2 rings (SSSR count). The van der Waals surface area contributed by atoms with E-state index in [1.54, 1.807) is 0 Å².